The van der Waals surface area contributed by atoms with Crippen molar-refractivity contribution < 1.29 is 35.9 Å². The number of benzene rings is 2. The molecule has 0 heterocycles. The highest BCUT2D eigenvalue weighted by atomic mass is 32.2. The Morgan fingerprint density at radius 1 is 1.16 bits per heavy atom. The highest BCUT2D eigenvalue weighted by Crippen LogP contribution is 2.31. The van der Waals surface area contributed by atoms with E-state index in [0.29, 0.717) is 17.2 Å². The zero-order chi connectivity index (χ0) is 23.9. The van der Waals surface area contributed by atoms with E-state index >= 15 is 0 Å². The summed E-state index contributed by atoms with van der Waals surface area (Å²) in [6.07, 6.45) is -3.49. The quantitative estimate of drug-likeness (QED) is 0.449. The third kappa shape index (κ3) is 6.41. The van der Waals surface area contributed by atoms with E-state index in [0.717, 1.165) is 22.5 Å². The van der Waals surface area contributed by atoms with Crippen LogP contribution in [0.1, 0.15) is 21.5 Å². The van der Waals surface area contributed by atoms with Crippen LogP contribution in [0.5, 0.6) is 0 Å². The highest BCUT2D eigenvalue weighted by molar-refractivity contribution is 7.89. The van der Waals surface area contributed by atoms with Crippen LogP contribution in [0, 0.1) is 0 Å². The number of carbonyl (C=O) groups is 2. The second-order valence-corrected chi connectivity index (χ2v) is 8.51. The van der Waals surface area contributed by atoms with Gasteiger partial charge in [-0.1, -0.05) is 24.3 Å². The topological polar surface area (TPSA) is 92.8 Å². The molecule has 1 amide bonds. The molecule has 0 aliphatic rings. The maximum absolute atomic E-state index is 13.0. The summed E-state index contributed by atoms with van der Waals surface area (Å²) in [6.45, 7) is 2.59. The summed E-state index contributed by atoms with van der Waals surface area (Å²) in [4.78, 5) is 23.2. The first-order chi connectivity index (χ1) is 15.0. The molecular weight excluding hydrogens is 449 g/mol. The maximum atomic E-state index is 13.0. The predicted octanol–water partition coefficient (Wildman–Crippen LogP) is 2.99. The van der Waals surface area contributed by atoms with Crippen LogP contribution in [0.2, 0.25) is 0 Å². The number of hydrogen-bond donors (Lipinski definition) is 1. The molecular formula is C21H21F3N2O5S. The molecule has 0 aromatic heterocycles. The molecule has 0 saturated heterocycles. The van der Waals surface area contributed by atoms with Gasteiger partial charge in [-0.15, -0.1) is 6.58 Å². The molecule has 0 radical (unpaired) electrons. The van der Waals surface area contributed by atoms with E-state index in [1.54, 1.807) is 12.1 Å². The lowest BCUT2D eigenvalue weighted by Gasteiger charge is -2.21. The van der Waals surface area contributed by atoms with Crippen molar-refractivity contribution in [3.05, 3.63) is 77.9 Å². The molecule has 0 saturated carbocycles. The summed E-state index contributed by atoms with van der Waals surface area (Å²) in [5.41, 5.74) is -0.147. The number of hydrogen-bond acceptors (Lipinski definition) is 5. The molecule has 1 N–H and O–H groups in total. The summed E-state index contributed by atoms with van der Waals surface area (Å²) < 4.78 is 69.8. The minimum atomic E-state index is -4.71. The number of methoxy groups -OCH3 is 1. The van der Waals surface area contributed by atoms with E-state index in [1.807, 2.05) is 0 Å². The summed E-state index contributed by atoms with van der Waals surface area (Å²) in [5, 5.41) is 2.53. The fourth-order valence-corrected chi connectivity index (χ4v) is 4.08. The van der Waals surface area contributed by atoms with Crippen molar-refractivity contribution in [2.45, 2.75) is 17.6 Å². The van der Waals surface area contributed by atoms with Crippen molar-refractivity contribution in [1.29, 1.82) is 0 Å². The van der Waals surface area contributed by atoms with Gasteiger partial charge in [0.2, 0.25) is 15.9 Å². The standard InChI is InChI=1S/C21H21F3N2O5S/c1-3-11-26(32(29,30)18-6-4-5-17(12-18)21(22,23)24)14-19(27)25-13-15-7-9-16(10-8-15)20(28)31-2/h3-10,12H,1,11,13-14H2,2H3,(H,25,27). The van der Waals surface area contributed by atoms with Crippen molar-refractivity contribution in [2.24, 2.45) is 0 Å². The van der Waals surface area contributed by atoms with Gasteiger partial charge in [-0.25, -0.2) is 13.2 Å². The van der Waals surface area contributed by atoms with Gasteiger partial charge in [-0.05, 0) is 35.9 Å². The lowest BCUT2D eigenvalue weighted by molar-refractivity contribution is -0.137. The first-order valence-corrected chi connectivity index (χ1v) is 10.7. The van der Waals surface area contributed by atoms with Crippen molar-refractivity contribution in [1.82, 2.24) is 9.62 Å². The number of nitrogens with one attached hydrogen (secondary N) is 1. The normalized spacial score (nSPS) is 11.8. The number of alkyl halides is 3. The van der Waals surface area contributed by atoms with Crippen LogP contribution in [0.4, 0.5) is 13.2 Å². The second-order valence-electron chi connectivity index (χ2n) is 6.58. The van der Waals surface area contributed by atoms with Gasteiger partial charge in [0, 0.05) is 13.1 Å². The fraction of sp³-hybridized carbons (Fsp3) is 0.238. The molecule has 0 unspecified atom stereocenters. The van der Waals surface area contributed by atoms with E-state index in [4.69, 9.17) is 0 Å². The van der Waals surface area contributed by atoms with Gasteiger partial charge in [-0.2, -0.15) is 17.5 Å². The van der Waals surface area contributed by atoms with Gasteiger partial charge in [0.1, 0.15) is 0 Å². The minimum Gasteiger partial charge on any atom is -0.465 e. The number of halogens is 3. The lowest BCUT2D eigenvalue weighted by atomic mass is 10.1. The second kappa shape index (κ2) is 10.4. The average Bonchev–Trinajstić information content (AvgIpc) is 2.76. The smallest absolute Gasteiger partial charge is 0.416 e. The van der Waals surface area contributed by atoms with Crippen molar-refractivity contribution in [3.63, 3.8) is 0 Å². The molecule has 0 aliphatic heterocycles. The van der Waals surface area contributed by atoms with Gasteiger partial charge in [0.25, 0.3) is 0 Å². The summed E-state index contributed by atoms with van der Waals surface area (Å²) in [7, 11) is -3.14. The van der Waals surface area contributed by atoms with Gasteiger partial charge in [0.15, 0.2) is 0 Å². The van der Waals surface area contributed by atoms with Crippen molar-refractivity contribution >= 4 is 21.9 Å². The number of amides is 1. The Morgan fingerprint density at radius 2 is 1.81 bits per heavy atom. The number of rotatable bonds is 9. The maximum Gasteiger partial charge on any atom is 0.416 e. The molecule has 172 valence electrons. The van der Waals surface area contributed by atoms with Crippen LogP contribution >= 0.6 is 0 Å². The van der Waals surface area contributed by atoms with Gasteiger partial charge >= 0.3 is 12.1 Å². The molecule has 0 aliphatic carbocycles. The first kappa shape index (κ1) is 25.1. The SMILES string of the molecule is C=CCN(CC(=O)NCc1ccc(C(=O)OC)cc1)S(=O)(=O)c1cccc(C(F)(F)F)c1. The predicted molar refractivity (Wildman–Crippen MR) is 110 cm³/mol. The minimum absolute atomic E-state index is 0.0474. The Kier molecular flexibility index (Phi) is 8.17. The third-order valence-corrected chi connectivity index (χ3v) is 6.12. The van der Waals surface area contributed by atoms with E-state index in [2.05, 4.69) is 16.6 Å². The van der Waals surface area contributed by atoms with Crippen LogP contribution in [0.25, 0.3) is 0 Å². The Balaban J connectivity index is 2.11. The number of esters is 1. The fourth-order valence-electron chi connectivity index (χ4n) is 2.67. The largest absolute Gasteiger partial charge is 0.465 e. The van der Waals surface area contributed by atoms with Crippen molar-refractivity contribution in [3.8, 4) is 0 Å². The van der Waals surface area contributed by atoms with E-state index in [-0.39, 0.29) is 13.1 Å². The highest BCUT2D eigenvalue weighted by Gasteiger charge is 2.33. The van der Waals surface area contributed by atoms with Crippen LogP contribution < -0.4 is 5.32 Å². The van der Waals surface area contributed by atoms with Gasteiger partial charge < -0.3 is 10.1 Å². The number of carbonyl (C=O) groups excluding carboxylic acids is 2. The lowest BCUT2D eigenvalue weighted by Crippen LogP contribution is -2.40. The first-order valence-electron chi connectivity index (χ1n) is 9.21. The van der Waals surface area contributed by atoms with E-state index in [9.17, 15) is 31.2 Å². The Bertz CT molecular complexity index is 1080. The van der Waals surface area contributed by atoms with Gasteiger partial charge in [0.05, 0.1) is 29.7 Å². The molecule has 32 heavy (non-hydrogen) atoms. The molecule has 0 spiro atoms. The molecule has 0 bridgehead atoms. The summed E-state index contributed by atoms with van der Waals surface area (Å²) >= 11 is 0. The molecule has 11 heteroatoms. The average molecular weight is 470 g/mol. The third-order valence-electron chi connectivity index (χ3n) is 4.32. The number of nitrogens with zero attached hydrogens (tertiary/aromatic N) is 1. The Morgan fingerprint density at radius 3 is 2.38 bits per heavy atom. The zero-order valence-electron chi connectivity index (χ0n) is 17.1. The summed E-state index contributed by atoms with van der Waals surface area (Å²) in [5.74, 6) is -1.18. The number of ether oxygens (including phenoxy) is 1. The molecule has 2 aromatic carbocycles. The number of sulfonamides is 1. The molecule has 0 atom stereocenters. The molecule has 2 rings (SSSR count). The Hall–Kier alpha value is -3.18. The van der Waals surface area contributed by atoms with Crippen molar-refractivity contribution in [2.75, 3.05) is 20.2 Å². The molecule has 7 nitrogen and oxygen atoms in total. The molecule has 0 fully saturated rings. The zero-order valence-corrected chi connectivity index (χ0v) is 17.9. The van der Waals surface area contributed by atoms with E-state index < -0.39 is 45.1 Å². The van der Waals surface area contributed by atoms with Gasteiger partial charge in [-0.3, -0.25) is 4.79 Å². The van der Waals surface area contributed by atoms with Crippen LogP contribution in [0.3, 0.4) is 0 Å². The monoisotopic (exact) mass is 470 g/mol. The van der Waals surface area contributed by atoms with Crippen LogP contribution in [-0.4, -0.2) is 44.8 Å². The van der Waals surface area contributed by atoms with E-state index in [1.165, 1.54) is 25.3 Å². The van der Waals surface area contributed by atoms with Crippen LogP contribution in [-0.2, 0) is 32.3 Å². The summed E-state index contributed by atoms with van der Waals surface area (Å²) in [6, 6.07) is 9.49. The molecule has 2 aromatic rings. The Labute approximate surface area is 183 Å². The van der Waals surface area contributed by atoms with Crippen LogP contribution in [0.15, 0.2) is 66.1 Å².